The van der Waals surface area contributed by atoms with E-state index in [1.165, 1.54) is 0 Å². The quantitative estimate of drug-likeness (QED) is 0.812. The molecule has 0 aromatic heterocycles. The van der Waals surface area contributed by atoms with Gasteiger partial charge in [-0.2, -0.15) is 5.01 Å². The molecule has 2 N–H and O–H groups in total. The summed E-state index contributed by atoms with van der Waals surface area (Å²) < 4.78 is 0. The lowest BCUT2D eigenvalue weighted by molar-refractivity contribution is -0.138. The van der Waals surface area contributed by atoms with Gasteiger partial charge in [-0.15, -0.1) is 0 Å². The largest absolute Gasteiger partial charge is 0.344 e. The van der Waals surface area contributed by atoms with Crippen LogP contribution in [-0.4, -0.2) is 22.9 Å². The molecule has 0 saturated carbocycles. The van der Waals surface area contributed by atoms with Crippen molar-refractivity contribution in [3.05, 3.63) is 71.3 Å². The Morgan fingerprint density at radius 2 is 1.73 bits per heavy atom. The van der Waals surface area contributed by atoms with Gasteiger partial charge in [-0.05, 0) is 31.4 Å². The molecule has 0 spiro atoms. The molecule has 1 saturated heterocycles. The molecule has 1 aliphatic heterocycles. The van der Waals surface area contributed by atoms with Gasteiger partial charge in [0.25, 0.3) is 5.91 Å². The zero-order chi connectivity index (χ0) is 18.7. The smallest absolute Gasteiger partial charge is 0.318 e. The highest BCUT2D eigenvalue weighted by molar-refractivity contribution is 6.08. The maximum atomic E-state index is 12.7. The molecule has 2 aromatic rings. The molecule has 0 radical (unpaired) electrons. The minimum atomic E-state index is -1.19. The molecule has 6 heteroatoms. The average Bonchev–Trinajstić information content (AvgIpc) is 2.86. The van der Waals surface area contributed by atoms with Gasteiger partial charge < -0.3 is 5.32 Å². The molecule has 1 atom stereocenters. The van der Waals surface area contributed by atoms with Gasteiger partial charge in [0.2, 0.25) is 5.91 Å². The molecule has 1 heterocycles. The Bertz CT molecular complexity index is 833. The van der Waals surface area contributed by atoms with Gasteiger partial charge in [0.05, 0.1) is 0 Å². The molecule has 1 unspecified atom stereocenters. The lowest BCUT2D eigenvalue weighted by Gasteiger charge is -2.22. The Morgan fingerprint density at radius 1 is 1.08 bits per heavy atom. The molecule has 1 fully saturated rings. The van der Waals surface area contributed by atoms with Gasteiger partial charge in [0.1, 0.15) is 5.54 Å². The molecule has 3 rings (SSSR count). The first kappa shape index (κ1) is 17.7. The fourth-order valence-electron chi connectivity index (χ4n) is 2.90. The van der Waals surface area contributed by atoms with E-state index in [2.05, 4.69) is 10.7 Å². The van der Waals surface area contributed by atoms with Crippen LogP contribution in [0.1, 0.15) is 30.0 Å². The second-order valence-corrected chi connectivity index (χ2v) is 6.58. The standard InChI is InChI=1S/C20H21N3O3/c1-14-8-10-15(11-9-14)12-13-17(24)22-23-18(25)20(2,21-19(23)26)16-6-4-3-5-7-16/h3-11H,12-13H2,1-2H3,(H,21,26)(H,22,24). The number of rotatable bonds is 5. The maximum absolute atomic E-state index is 12.7. The number of carbonyl (C=O) groups is 3. The van der Waals surface area contributed by atoms with E-state index in [0.717, 1.165) is 16.1 Å². The highest BCUT2D eigenvalue weighted by Crippen LogP contribution is 2.27. The molecule has 1 aliphatic rings. The number of benzene rings is 2. The molecule has 2 aromatic carbocycles. The Labute approximate surface area is 152 Å². The topological polar surface area (TPSA) is 78.5 Å². The monoisotopic (exact) mass is 351 g/mol. The zero-order valence-corrected chi connectivity index (χ0v) is 14.8. The fourth-order valence-corrected chi connectivity index (χ4v) is 2.90. The SMILES string of the molecule is Cc1ccc(CCC(=O)NN2C(=O)NC(C)(c3ccccc3)C2=O)cc1. The van der Waals surface area contributed by atoms with Crippen molar-refractivity contribution in [1.29, 1.82) is 0 Å². The van der Waals surface area contributed by atoms with Crippen LogP contribution in [0.5, 0.6) is 0 Å². The molecular weight excluding hydrogens is 330 g/mol. The van der Waals surface area contributed by atoms with E-state index in [1.807, 2.05) is 37.3 Å². The van der Waals surface area contributed by atoms with E-state index < -0.39 is 17.5 Å². The van der Waals surface area contributed by atoms with Crippen LogP contribution in [0.2, 0.25) is 0 Å². The van der Waals surface area contributed by atoms with Crippen LogP contribution in [0, 0.1) is 6.92 Å². The van der Waals surface area contributed by atoms with Crippen molar-refractivity contribution >= 4 is 17.8 Å². The minimum absolute atomic E-state index is 0.183. The number of hydrogen-bond acceptors (Lipinski definition) is 3. The summed E-state index contributed by atoms with van der Waals surface area (Å²) >= 11 is 0. The Hall–Kier alpha value is -3.15. The van der Waals surface area contributed by atoms with Crippen LogP contribution >= 0.6 is 0 Å². The van der Waals surface area contributed by atoms with Crippen LogP contribution in [0.4, 0.5) is 4.79 Å². The summed E-state index contributed by atoms with van der Waals surface area (Å²) in [4.78, 5) is 37.1. The minimum Gasteiger partial charge on any atom is -0.318 e. The number of nitrogens with zero attached hydrogens (tertiary/aromatic N) is 1. The van der Waals surface area contributed by atoms with E-state index in [4.69, 9.17) is 0 Å². The first-order chi connectivity index (χ1) is 12.4. The van der Waals surface area contributed by atoms with Gasteiger partial charge >= 0.3 is 6.03 Å². The van der Waals surface area contributed by atoms with Gasteiger partial charge in [-0.3, -0.25) is 15.0 Å². The summed E-state index contributed by atoms with van der Waals surface area (Å²) in [5, 5.41) is 3.42. The number of aryl methyl sites for hydroxylation is 2. The van der Waals surface area contributed by atoms with E-state index in [9.17, 15) is 14.4 Å². The summed E-state index contributed by atoms with van der Waals surface area (Å²) in [5.41, 5.74) is 4.06. The normalized spacial score (nSPS) is 19.4. The van der Waals surface area contributed by atoms with Gasteiger partial charge in [-0.1, -0.05) is 60.2 Å². The highest BCUT2D eigenvalue weighted by atomic mass is 16.2. The molecule has 0 bridgehead atoms. The lowest BCUT2D eigenvalue weighted by atomic mass is 9.92. The van der Waals surface area contributed by atoms with E-state index >= 15 is 0 Å². The number of hydrazine groups is 1. The van der Waals surface area contributed by atoms with Crippen molar-refractivity contribution in [2.75, 3.05) is 0 Å². The van der Waals surface area contributed by atoms with Crippen LogP contribution in [0.3, 0.4) is 0 Å². The fraction of sp³-hybridized carbons (Fsp3) is 0.250. The second kappa shape index (κ2) is 7.00. The Morgan fingerprint density at radius 3 is 2.38 bits per heavy atom. The Balaban J connectivity index is 1.64. The van der Waals surface area contributed by atoms with Crippen molar-refractivity contribution < 1.29 is 14.4 Å². The number of urea groups is 1. The van der Waals surface area contributed by atoms with Gasteiger partial charge in [0.15, 0.2) is 0 Å². The summed E-state index contributed by atoms with van der Waals surface area (Å²) in [6.07, 6.45) is 0.716. The summed E-state index contributed by atoms with van der Waals surface area (Å²) in [6, 6.07) is 16.2. The first-order valence-corrected chi connectivity index (χ1v) is 8.47. The first-order valence-electron chi connectivity index (χ1n) is 8.47. The third kappa shape index (κ3) is 3.44. The summed E-state index contributed by atoms with van der Waals surface area (Å²) in [5.74, 6) is -0.885. The predicted octanol–water partition coefficient (Wildman–Crippen LogP) is 2.43. The highest BCUT2D eigenvalue weighted by Gasteiger charge is 2.49. The average molecular weight is 351 g/mol. The zero-order valence-electron chi connectivity index (χ0n) is 14.8. The van der Waals surface area contributed by atoms with Crippen molar-refractivity contribution in [2.45, 2.75) is 32.2 Å². The van der Waals surface area contributed by atoms with Gasteiger partial charge in [-0.25, -0.2) is 4.79 Å². The summed E-state index contributed by atoms with van der Waals surface area (Å²) in [6.45, 7) is 3.62. The predicted molar refractivity (Wildman–Crippen MR) is 96.8 cm³/mol. The molecule has 4 amide bonds. The van der Waals surface area contributed by atoms with E-state index in [-0.39, 0.29) is 12.3 Å². The number of hydrogen-bond donors (Lipinski definition) is 2. The van der Waals surface area contributed by atoms with Crippen LogP contribution < -0.4 is 10.7 Å². The second-order valence-electron chi connectivity index (χ2n) is 6.58. The number of imide groups is 1. The molecule has 0 aliphatic carbocycles. The van der Waals surface area contributed by atoms with Crippen molar-refractivity contribution in [1.82, 2.24) is 15.8 Å². The Kier molecular flexibility index (Phi) is 4.75. The molecule has 134 valence electrons. The third-order valence-corrected chi connectivity index (χ3v) is 4.54. The van der Waals surface area contributed by atoms with Crippen molar-refractivity contribution in [3.8, 4) is 0 Å². The third-order valence-electron chi connectivity index (χ3n) is 4.54. The number of carbonyl (C=O) groups excluding carboxylic acids is 3. The number of nitrogens with one attached hydrogen (secondary N) is 2. The van der Waals surface area contributed by atoms with Gasteiger partial charge in [0, 0.05) is 6.42 Å². The lowest BCUT2D eigenvalue weighted by Crippen LogP contribution is -2.48. The van der Waals surface area contributed by atoms with E-state index in [0.29, 0.717) is 12.0 Å². The molecule has 26 heavy (non-hydrogen) atoms. The summed E-state index contributed by atoms with van der Waals surface area (Å²) in [7, 11) is 0. The van der Waals surface area contributed by atoms with Crippen LogP contribution in [-0.2, 0) is 21.5 Å². The van der Waals surface area contributed by atoms with Crippen LogP contribution in [0.25, 0.3) is 0 Å². The number of amides is 4. The maximum Gasteiger partial charge on any atom is 0.344 e. The molecular formula is C20H21N3O3. The van der Waals surface area contributed by atoms with Crippen molar-refractivity contribution in [3.63, 3.8) is 0 Å². The van der Waals surface area contributed by atoms with Crippen molar-refractivity contribution in [2.24, 2.45) is 0 Å². The van der Waals surface area contributed by atoms with Crippen LogP contribution in [0.15, 0.2) is 54.6 Å². The molecule has 6 nitrogen and oxygen atoms in total. The van der Waals surface area contributed by atoms with E-state index in [1.54, 1.807) is 31.2 Å².